The van der Waals surface area contributed by atoms with Gasteiger partial charge in [0.25, 0.3) is 5.56 Å². The molecule has 1 fully saturated rings. The van der Waals surface area contributed by atoms with Crippen molar-refractivity contribution in [3.05, 3.63) is 56.8 Å². The number of benzene rings is 1. The second-order valence-corrected chi connectivity index (χ2v) is 11.7. The van der Waals surface area contributed by atoms with E-state index in [0.29, 0.717) is 17.1 Å². The van der Waals surface area contributed by atoms with Gasteiger partial charge >= 0.3 is 5.69 Å². The maximum atomic E-state index is 13.4. The number of anilines is 2. The van der Waals surface area contributed by atoms with E-state index >= 15 is 0 Å². The number of imidazole rings is 2. The van der Waals surface area contributed by atoms with Crippen LogP contribution in [0.4, 0.5) is 11.8 Å². The number of aryl methyl sites for hydroxylation is 2. The highest BCUT2D eigenvalue weighted by Crippen LogP contribution is 2.33. The Hall–Kier alpha value is -5.86. The first-order chi connectivity index (χ1) is 24.4. The highest BCUT2D eigenvalue weighted by molar-refractivity contribution is 5.97. The van der Waals surface area contributed by atoms with E-state index in [1.807, 2.05) is 0 Å². The largest absolute Gasteiger partial charge is 0.493 e. The van der Waals surface area contributed by atoms with Crippen LogP contribution < -0.4 is 37.5 Å². The number of hydrogen-bond donors (Lipinski definition) is 5. The predicted molar refractivity (Wildman–Crippen MR) is 180 cm³/mol. The molecule has 5 heterocycles. The smallest absolute Gasteiger partial charge is 0.332 e. The molecule has 4 aromatic heterocycles. The number of ketones is 1. The molecule has 4 atom stereocenters. The van der Waals surface area contributed by atoms with Crippen LogP contribution >= 0.6 is 0 Å². The summed E-state index contributed by atoms with van der Waals surface area (Å²) in [5, 5.41) is 23.7. The van der Waals surface area contributed by atoms with E-state index in [9.17, 15) is 29.4 Å². The molecule has 1 amide bonds. The number of nitrogens with one attached hydrogen (secondary N) is 1. The van der Waals surface area contributed by atoms with Gasteiger partial charge in [-0.1, -0.05) is 6.07 Å². The highest BCUT2D eigenvalue weighted by Gasteiger charge is 2.47. The van der Waals surface area contributed by atoms with Crippen LogP contribution in [0.25, 0.3) is 22.3 Å². The monoisotopic (exact) mass is 707 g/mol. The number of fused-ring (bicyclic) bond motifs is 2. The number of nitrogens with zero attached hydrogens (tertiary/aromatic N) is 8. The summed E-state index contributed by atoms with van der Waals surface area (Å²) in [6, 6.07) is 5.02. The molecule has 0 aliphatic carbocycles. The van der Waals surface area contributed by atoms with Crippen molar-refractivity contribution in [2.45, 2.75) is 57.9 Å². The molecule has 1 aliphatic heterocycles. The molecular weight excluding hydrogens is 670 g/mol. The van der Waals surface area contributed by atoms with Gasteiger partial charge in [-0.25, -0.2) is 14.8 Å². The van der Waals surface area contributed by atoms with E-state index in [1.54, 1.807) is 39.1 Å². The number of amides is 1. The van der Waals surface area contributed by atoms with Crippen LogP contribution in [0.15, 0.2) is 34.1 Å². The van der Waals surface area contributed by atoms with Crippen LogP contribution in [0.5, 0.6) is 11.5 Å². The lowest BCUT2D eigenvalue weighted by atomic mass is 10.1. The number of ether oxygens (including phenoxy) is 3. The summed E-state index contributed by atoms with van der Waals surface area (Å²) >= 11 is 0. The van der Waals surface area contributed by atoms with Crippen molar-refractivity contribution in [3.8, 4) is 11.5 Å². The second kappa shape index (κ2) is 13.8. The molecule has 0 spiro atoms. The van der Waals surface area contributed by atoms with Crippen molar-refractivity contribution in [3.63, 3.8) is 0 Å². The summed E-state index contributed by atoms with van der Waals surface area (Å²) in [7, 11) is 3.04. The summed E-state index contributed by atoms with van der Waals surface area (Å²) in [4.78, 5) is 68.1. The van der Waals surface area contributed by atoms with Gasteiger partial charge in [-0.2, -0.15) is 9.97 Å². The maximum Gasteiger partial charge on any atom is 0.332 e. The summed E-state index contributed by atoms with van der Waals surface area (Å²) in [6.45, 7) is 4.27. The van der Waals surface area contributed by atoms with Gasteiger partial charge in [-0.05, 0) is 31.5 Å². The lowest BCUT2D eigenvalue weighted by Crippen LogP contribution is -2.39. The molecule has 0 bridgehead atoms. The molecule has 1 aliphatic rings. The minimum absolute atomic E-state index is 0.0323. The zero-order valence-corrected chi connectivity index (χ0v) is 28.1. The SMILES string of the molecule is CCn1c(=O)c2c(nc(C(=O)Cc3ccc(OCCNc4nc(N)c5ncn([C@@H]6OC(C(N)=O)[C@@H](O)[C@H]6O)c5n4)c(OC)c3)n2C)n(CC)c1=O. The first-order valence-electron chi connectivity index (χ1n) is 16.0. The number of aliphatic hydroxyl groups is 2. The minimum Gasteiger partial charge on any atom is -0.493 e. The van der Waals surface area contributed by atoms with E-state index in [-0.39, 0.29) is 78.4 Å². The van der Waals surface area contributed by atoms with Crippen molar-refractivity contribution < 1.29 is 34.0 Å². The number of nitrogen functional groups attached to an aromatic ring is 1. The maximum absolute atomic E-state index is 13.4. The van der Waals surface area contributed by atoms with E-state index in [2.05, 4.69) is 25.3 Å². The number of primary amides is 1. The number of aromatic nitrogens is 8. The Morgan fingerprint density at radius 2 is 1.78 bits per heavy atom. The molecule has 5 aromatic rings. The van der Waals surface area contributed by atoms with E-state index in [4.69, 9.17) is 25.7 Å². The number of aliphatic hydroxyl groups excluding tert-OH is 2. The molecule has 51 heavy (non-hydrogen) atoms. The van der Waals surface area contributed by atoms with Gasteiger partial charge in [0.05, 0.1) is 20.0 Å². The third-order valence-corrected chi connectivity index (χ3v) is 8.60. The summed E-state index contributed by atoms with van der Waals surface area (Å²) in [6.07, 6.45) is -4.43. The van der Waals surface area contributed by atoms with Crippen LogP contribution in [-0.4, -0.2) is 98.7 Å². The van der Waals surface area contributed by atoms with Gasteiger partial charge in [0.15, 0.2) is 52.3 Å². The number of hydrogen-bond acceptors (Lipinski definition) is 15. The van der Waals surface area contributed by atoms with Gasteiger partial charge in [0.2, 0.25) is 17.6 Å². The Morgan fingerprint density at radius 1 is 1.04 bits per heavy atom. The molecule has 270 valence electrons. The normalized spacial score (nSPS) is 18.8. The molecule has 1 unspecified atom stereocenters. The highest BCUT2D eigenvalue weighted by atomic mass is 16.6. The molecule has 1 saturated heterocycles. The Balaban J connectivity index is 1.13. The lowest BCUT2D eigenvalue weighted by molar-refractivity contribution is -0.134. The average molecular weight is 708 g/mol. The molecule has 20 heteroatoms. The number of methoxy groups -OCH3 is 1. The molecule has 20 nitrogen and oxygen atoms in total. The van der Waals surface area contributed by atoms with Gasteiger partial charge in [0.1, 0.15) is 24.3 Å². The van der Waals surface area contributed by atoms with Crippen LogP contribution in [0.3, 0.4) is 0 Å². The van der Waals surface area contributed by atoms with Crippen molar-refractivity contribution in [1.29, 1.82) is 0 Å². The number of nitrogens with two attached hydrogens (primary N) is 2. The fourth-order valence-corrected chi connectivity index (χ4v) is 6.03. The van der Waals surface area contributed by atoms with Crippen LogP contribution in [0, 0.1) is 0 Å². The third-order valence-electron chi connectivity index (χ3n) is 8.60. The Bertz CT molecular complexity index is 2280. The number of carbonyl (C=O) groups excluding carboxylic acids is 2. The summed E-state index contributed by atoms with van der Waals surface area (Å²) in [5.41, 5.74) is 11.7. The molecule has 0 saturated carbocycles. The van der Waals surface area contributed by atoms with Crippen LogP contribution in [-0.2, 0) is 36.1 Å². The second-order valence-electron chi connectivity index (χ2n) is 11.7. The molecule has 6 rings (SSSR count). The van der Waals surface area contributed by atoms with Gasteiger partial charge < -0.3 is 45.8 Å². The lowest BCUT2D eigenvalue weighted by Gasteiger charge is -2.16. The topological polar surface area (TPSA) is 272 Å². The fourth-order valence-electron chi connectivity index (χ4n) is 6.03. The molecular formula is C31H37N11O9. The Morgan fingerprint density at radius 3 is 2.45 bits per heavy atom. The standard InChI is InChI=1S/C31H37N11O9/c1-5-40-27-19(28(47)41(6-2)31(40)48)39(3)25(37-27)15(43)11-14-7-8-16(17(12-14)49-4)50-10-9-34-30-36-23(32)18-26(38-30)42(13-35-18)29-21(45)20(44)22(51-29)24(33)46/h7-8,12-13,20-22,29,44-45H,5-6,9-11H2,1-4H3,(H2,33,46)(H3,32,34,36,38)/t20-,21+,22?,29+/m0/s1. The Labute approximate surface area is 288 Å². The van der Waals surface area contributed by atoms with Crippen LogP contribution in [0.2, 0.25) is 0 Å². The van der Waals surface area contributed by atoms with Gasteiger partial charge in [-0.3, -0.25) is 28.1 Å². The van der Waals surface area contributed by atoms with Crippen LogP contribution in [0.1, 0.15) is 36.3 Å². The molecule has 0 radical (unpaired) electrons. The Kier molecular flexibility index (Phi) is 9.47. The quantitative estimate of drug-likeness (QED) is 0.0702. The zero-order chi connectivity index (χ0) is 36.7. The minimum atomic E-state index is -1.55. The van der Waals surface area contributed by atoms with Crippen molar-refractivity contribution in [2.24, 2.45) is 12.8 Å². The van der Waals surface area contributed by atoms with Crippen molar-refractivity contribution in [2.75, 3.05) is 31.3 Å². The number of rotatable bonds is 13. The third kappa shape index (κ3) is 6.12. The number of carbonyl (C=O) groups is 2. The fraction of sp³-hybridized carbons (Fsp3) is 0.419. The van der Waals surface area contributed by atoms with Gasteiger partial charge in [-0.15, -0.1) is 0 Å². The molecule has 1 aromatic carbocycles. The van der Waals surface area contributed by atoms with Crippen molar-refractivity contribution >= 4 is 45.8 Å². The number of Topliss-reactive ketones (excluding diaryl/α,β-unsaturated/α-hetero) is 1. The van der Waals surface area contributed by atoms with Crippen molar-refractivity contribution in [1.82, 2.24) is 38.2 Å². The van der Waals surface area contributed by atoms with E-state index in [0.717, 1.165) is 4.57 Å². The average Bonchev–Trinajstić information content (AvgIpc) is 3.77. The molecule has 7 N–H and O–H groups in total. The van der Waals surface area contributed by atoms with E-state index in [1.165, 1.54) is 27.1 Å². The van der Waals surface area contributed by atoms with Gasteiger partial charge in [0, 0.05) is 26.6 Å². The first kappa shape index (κ1) is 35.0. The summed E-state index contributed by atoms with van der Waals surface area (Å²) in [5.74, 6) is -0.337. The van der Waals surface area contributed by atoms with E-state index < -0.39 is 41.7 Å². The predicted octanol–water partition coefficient (Wildman–Crippen LogP) is -1.31. The first-order valence-corrected chi connectivity index (χ1v) is 16.0. The summed E-state index contributed by atoms with van der Waals surface area (Å²) < 4.78 is 22.2. The zero-order valence-electron chi connectivity index (χ0n) is 28.1.